The number of nitrogens with one attached hydrogen (secondary N) is 1. The highest BCUT2D eigenvalue weighted by Gasteiger charge is 2.05. The molecule has 0 saturated carbocycles. The Morgan fingerprint density at radius 3 is 2.76 bits per heavy atom. The van der Waals surface area contributed by atoms with Crippen molar-refractivity contribution in [2.75, 3.05) is 11.1 Å². The fraction of sp³-hybridized carbons (Fsp3) is 0.500. The molecule has 1 unspecified atom stereocenters. The van der Waals surface area contributed by atoms with Crippen molar-refractivity contribution in [3.05, 3.63) is 23.8 Å². The van der Waals surface area contributed by atoms with E-state index in [1.165, 1.54) is 19.3 Å². The molecule has 0 aliphatic carbocycles. The van der Waals surface area contributed by atoms with Crippen LogP contribution >= 0.6 is 0 Å². The summed E-state index contributed by atoms with van der Waals surface area (Å²) >= 11 is 0. The van der Waals surface area contributed by atoms with E-state index in [0.29, 0.717) is 17.3 Å². The summed E-state index contributed by atoms with van der Waals surface area (Å²) in [5, 5.41) is 12.1. The Bertz CT molecular complexity index is 393. The number of nitrogens with zero attached hydrogens (tertiary/aromatic N) is 1. The SMILES string of the molecule is CCCCCC(C)Nc1ccc(C#N)cc1N. The van der Waals surface area contributed by atoms with Gasteiger partial charge in [-0.25, -0.2) is 0 Å². The van der Waals surface area contributed by atoms with Gasteiger partial charge in [-0.1, -0.05) is 26.2 Å². The molecule has 1 aromatic carbocycles. The van der Waals surface area contributed by atoms with Crippen molar-refractivity contribution in [1.82, 2.24) is 0 Å². The molecule has 3 heteroatoms. The van der Waals surface area contributed by atoms with Crippen molar-refractivity contribution < 1.29 is 0 Å². The molecule has 3 N–H and O–H groups in total. The van der Waals surface area contributed by atoms with E-state index in [4.69, 9.17) is 11.0 Å². The van der Waals surface area contributed by atoms with Crippen LogP contribution in [0, 0.1) is 11.3 Å². The van der Waals surface area contributed by atoms with Crippen LogP contribution in [-0.4, -0.2) is 6.04 Å². The molecular formula is C14H21N3. The van der Waals surface area contributed by atoms with Crippen molar-refractivity contribution in [2.24, 2.45) is 0 Å². The van der Waals surface area contributed by atoms with E-state index in [0.717, 1.165) is 12.1 Å². The lowest BCUT2D eigenvalue weighted by Gasteiger charge is -2.16. The van der Waals surface area contributed by atoms with E-state index < -0.39 is 0 Å². The number of nitriles is 1. The van der Waals surface area contributed by atoms with Gasteiger partial charge >= 0.3 is 0 Å². The molecule has 92 valence electrons. The zero-order valence-corrected chi connectivity index (χ0v) is 10.7. The predicted molar refractivity (Wildman–Crippen MR) is 72.8 cm³/mol. The first kappa shape index (κ1) is 13.4. The van der Waals surface area contributed by atoms with E-state index in [9.17, 15) is 0 Å². The van der Waals surface area contributed by atoms with Gasteiger partial charge in [-0.2, -0.15) is 5.26 Å². The number of hydrogen-bond acceptors (Lipinski definition) is 3. The Kier molecular flexibility index (Phi) is 5.35. The lowest BCUT2D eigenvalue weighted by atomic mass is 10.1. The first-order chi connectivity index (χ1) is 8.17. The number of unbranched alkanes of at least 4 members (excludes halogenated alkanes) is 2. The number of rotatable bonds is 6. The summed E-state index contributed by atoms with van der Waals surface area (Å²) in [7, 11) is 0. The minimum absolute atomic E-state index is 0.414. The van der Waals surface area contributed by atoms with Crippen LogP contribution < -0.4 is 11.1 Å². The first-order valence-corrected chi connectivity index (χ1v) is 6.23. The van der Waals surface area contributed by atoms with Gasteiger partial charge in [0.2, 0.25) is 0 Å². The van der Waals surface area contributed by atoms with Crippen molar-refractivity contribution in [1.29, 1.82) is 5.26 Å². The maximum Gasteiger partial charge on any atom is 0.0992 e. The van der Waals surface area contributed by atoms with Crippen LogP contribution in [0.2, 0.25) is 0 Å². The molecule has 0 aromatic heterocycles. The lowest BCUT2D eigenvalue weighted by molar-refractivity contribution is 0.615. The smallest absolute Gasteiger partial charge is 0.0992 e. The molecule has 0 aliphatic rings. The second-order valence-corrected chi connectivity index (χ2v) is 4.46. The average molecular weight is 231 g/mol. The Morgan fingerprint density at radius 1 is 1.41 bits per heavy atom. The molecule has 0 bridgehead atoms. The molecule has 1 rings (SSSR count). The largest absolute Gasteiger partial charge is 0.397 e. The Morgan fingerprint density at radius 2 is 2.18 bits per heavy atom. The van der Waals surface area contributed by atoms with Gasteiger partial charge in [0.05, 0.1) is 23.0 Å². The second kappa shape index (κ2) is 6.80. The zero-order valence-electron chi connectivity index (χ0n) is 10.7. The maximum atomic E-state index is 8.75. The summed E-state index contributed by atoms with van der Waals surface area (Å²) in [6.45, 7) is 4.37. The van der Waals surface area contributed by atoms with Crippen LogP contribution in [0.5, 0.6) is 0 Å². The van der Waals surface area contributed by atoms with Crippen molar-refractivity contribution >= 4 is 11.4 Å². The van der Waals surface area contributed by atoms with E-state index in [-0.39, 0.29) is 0 Å². The van der Waals surface area contributed by atoms with Crippen LogP contribution in [0.1, 0.15) is 45.1 Å². The normalized spacial score (nSPS) is 11.8. The molecule has 1 atom stereocenters. The Balaban J connectivity index is 2.54. The number of benzene rings is 1. The highest BCUT2D eigenvalue weighted by atomic mass is 14.9. The van der Waals surface area contributed by atoms with E-state index in [1.807, 2.05) is 6.07 Å². The van der Waals surface area contributed by atoms with Gasteiger partial charge in [0.1, 0.15) is 0 Å². The summed E-state index contributed by atoms with van der Waals surface area (Å²) in [5.74, 6) is 0. The molecule has 17 heavy (non-hydrogen) atoms. The van der Waals surface area contributed by atoms with Crippen molar-refractivity contribution in [3.63, 3.8) is 0 Å². The van der Waals surface area contributed by atoms with E-state index >= 15 is 0 Å². The fourth-order valence-corrected chi connectivity index (χ4v) is 1.80. The third-order valence-corrected chi connectivity index (χ3v) is 2.82. The van der Waals surface area contributed by atoms with Crippen LogP contribution in [0.3, 0.4) is 0 Å². The van der Waals surface area contributed by atoms with Gasteiger partial charge in [-0.3, -0.25) is 0 Å². The van der Waals surface area contributed by atoms with Gasteiger partial charge in [0.25, 0.3) is 0 Å². The molecule has 3 nitrogen and oxygen atoms in total. The number of hydrogen-bond donors (Lipinski definition) is 2. The third kappa shape index (κ3) is 4.36. The Labute approximate surface area is 104 Å². The minimum atomic E-state index is 0.414. The lowest BCUT2D eigenvalue weighted by Crippen LogP contribution is -2.16. The average Bonchev–Trinajstić information content (AvgIpc) is 2.32. The van der Waals surface area contributed by atoms with E-state index in [1.54, 1.807) is 12.1 Å². The third-order valence-electron chi connectivity index (χ3n) is 2.82. The standard InChI is InChI=1S/C14H21N3/c1-3-4-5-6-11(2)17-14-8-7-12(10-15)9-13(14)16/h7-9,11,17H,3-6,16H2,1-2H3. The van der Waals surface area contributed by atoms with Gasteiger partial charge < -0.3 is 11.1 Å². The first-order valence-electron chi connectivity index (χ1n) is 6.23. The summed E-state index contributed by atoms with van der Waals surface area (Å²) in [4.78, 5) is 0. The quantitative estimate of drug-likeness (QED) is 0.581. The molecule has 0 aliphatic heterocycles. The van der Waals surface area contributed by atoms with Crippen LogP contribution in [0.4, 0.5) is 11.4 Å². The summed E-state index contributed by atoms with van der Waals surface area (Å²) in [6, 6.07) is 7.87. The van der Waals surface area contributed by atoms with Gasteiger partial charge in [-0.05, 0) is 31.5 Å². The topological polar surface area (TPSA) is 61.8 Å². The van der Waals surface area contributed by atoms with Gasteiger partial charge in [0, 0.05) is 6.04 Å². The predicted octanol–water partition coefficient (Wildman–Crippen LogP) is 3.52. The number of nitrogens with two attached hydrogens (primary N) is 1. The minimum Gasteiger partial charge on any atom is -0.397 e. The number of nitrogen functional groups attached to an aromatic ring is 1. The summed E-state index contributed by atoms with van der Waals surface area (Å²) < 4.78 is 0. The molecule has 0 fully saturated rings. The second-order valence-electron chi connectivity index (χ2n) is 4.46. The van der Waals surface area contributed by atoms with Gasteiger partial charge in [-0.15, -0.1) is 0 Å². The molecule has 0 amide bonds. The van der Waals surface area contributed by atoms with Crippen molar-refractivity contribution in [2.45, 2.75) is 45.6 Å². The molecule has 0 saturated heterocycles. The number of anilines is 2. The maximum absolute atomic E-state index is 8.75. The summed E-state index contributed by atoms with van der Waals surface area (Å²) in [5.41, 5.74) is 8.06. The highest BCUT2D eigenvalue weighted by molar-refractivity contribution is 5.68. The van der Waals surface area contributed by atoms with Crippen LogP contribution in [-0.2, 0) is 0 Å². The molecule has 0 radical (unpaired) electrons. The Hall–Kier alpha value is -1.69. The van der Waals surface area contributed by atoms with E-state index in [2.05, 4.69) is 25.2 Å². The monoisotopic (exact) mass is 231 g/mol. The highest BCUT2D eigenvalue weighted by Crippen LogP contribution is 2.21. The van der Waals surface area contributed by atoms with Crippen LogP contribution in [0.15, 0.2) is 18.2 Å². The van der Waals surface area contributed by atoms with Crippen LogP contribution in [0.25, 0.3) is 0 Å². The van der Waals surface area contributed by atoms with Crippen molar-refractivity contribution in [3.8, 4) is 6.07 Å². The molecule has 0 heterocycles. The zero-order chi connectivity index (χ0) is 12.7. The molecule has 1 aromatic rings. The molecule has 0 spiro atoms. The fourth-order valence-electron chi connectivity index (χ4n) is 1.80. The molecular weight excluding hydrogens is 210 g/mol. The van der Waals surface area contributed by atoms with Gasteiger partial charge in [0.15, 0.2) is 0 Å². The summed E-state index contributed by atoms with van der Waals surface area (Å²) in [6.07, 6.45) is 4.90.